The van der Waals surface area contributed by atoms with Gasteiger partial charge in [-0.3, -0.25) is 4.90 Å². The summed E-state index contributed by atoms with van der Waals surface area (Å²) in [7, 11) is 0. The molecule has 5 nitrogen and oxygen atoms in total. The Bertz CT molecular complexity index is 782. The third kappa shape index (κ3) is 6.00. The molecule has 158 valence electrons. The molecule has 2 heterocycles. The number of rotatable bonds is 8. The van der Waals surface area contributed by atoms with Gasteiger partial charge in [0.1, 0.15) is 11.6 Å². The maximum Gasteiger partial charge on any atom is 0.136 e. The Hall–Kier alpha value is -1.98. The van der Waals surface area contributed by atoms with Gasteiger partial charge in [0.2, 0.25) is 0 Å². The molecule has 1 atom stereocenters. The summed E-state index contributed by atoms with van der Waals surface area (Å²) in [5, 5.41) is 10.2. The number of aromatic nitrogens is 2. The van der Waals surface area contributed by atoms with Gasteiger partial charge in [-0.25, -0.2) is 9.97 Å². The summed E-state index contributed by atoms with van der Waals surface area (Å²) in [6, 6.07) is 8.74. The molecule has 1 aromatic heterocycles. The molecule has 3 rings (SSSR count). The second-order valence-corrected chi connectivity index (χ2v) is 8.40. The second-order valence-electron chi connectivity index (χ2n) is 8.40. The molecule has 1 aliphatic rings. The highest BCUT2D eigenvalue weighted by Crippen LogP contribution is 2.25. The van der Waals surface area contributed by atoms with Crippen LogP contribution in [-0.4, -0.2) is 58.8 Å². The number of hydrogen-bond donors (Lipinski definition) is 1. The van der Waals surface area contributed by atoms with Crippen LogP contribution < -0.4 is 4.90 Å². The summed E-state index contributed by atoms with van der Waals surface area (Å²) in [5.74, 6) is 1.92. The first-order valence-corrected chi connectivity index (χ1v) is 11.0. The fraction of sp³-hybridized carbons (Fsp3) is 0.583. The molecule has 29 heavy (non-hydrogen) atoms. The Labute approximate surface area is 175 Å². The van der Waals surface area contributed by atoms with Gasteiger partial charge in [-0.05, 0) is 32.8 Å². The SMILES string of the molecule is CCCCC(O)CN1CCN(c2nc(C)nc(C)c2Cc2ccc(C)cc2)CC1. The number of aliphatic hydroxyl groups excluding tert-OH is 1. The minimum absolute atomic E-state index is 0.206. The van der Waals surface area contributed by atoms with Crippen molar-refractivity contribution in [2.75, 3.05) is 37.6 Å². The number of benzene rings is 1. The number of aryl methyl sites for hydroxylation is 3. The molecule has 0 spiro atoms. The van der Waals surface area contributed by atoms with Crippen molar-refractivity contribution in [3.05, 3.63) is 52.5 Å². The molecular weight excluding hydrogens is 360 g/mol. The molecular formula is C24H36N4O. The average molecular weight is 397 g/mol. The lowest BCUT2D eigenvalue weighted by atomic mass is 10.0. The van der Waals surface area contributed by atoms with Gasteiger partial charge in [0, 0.05) is 50.4 Å². The Morgan fingerprint density at radius 1 is 1.00 bits per heavy atom. The van der Waals surface area contributed by atoms with E-state index in [4.69, 9.17) is 4.98 Å². The summed E-state index contributed by atoms with van der Waals surface area (Å²) in [6.45, 7) is 13.0. The van der Waals surface area contributed by atoms with Crippen molar-refractivity contribution >= 4 is 5.82 Å². The van der Waals surface area contributed by atoms with Crippen LogP contribution in [0.2, 0.25) is 0 Å². The van der Waals surface area contributed by atoms with E-state index in [2.05, 4.69) is 59.8 Å². The molecule has 2 aromatic rings. The van der Waals surface area contributed by atoms with Gasteiger partial charge in [-0.1, -0.05) is 49.6 Å². The van der Waals surface area contributed by atoms with Crippen molar-refractivity contribution in [1.29, 1.82) is 0 Å². The molecule has 1 saturated heterocycles. The van der Waals surface area contributed by atoms with Crippen LogP contribution in [0.25, 0.3) is 0 Å². The number of β-amino-alcohol motifs (C(OH)–C–C–N with tert-alkyl or cyclic N) is 1. The number of aliphatic hydroxyl groups is 1. The van der Waals surface area contributed by atoms with Crippen LogP contribution in [0.1, 0.15) is 54.4 Å². The predicted octanol–water partition coefficient (Wildman–Crippen LogP) is 3.67. The monoisotopic (exact) mass is 396 g/mol. The fourth-order valence-electron chi connectivity index (χ4n) is 4.07. The number of unbranched alkanes of at least 4 members (excludes halogenated alkanes) is 1. The Morgan fingerprint density at radius 2 is 1.69 bits per heavy atom. The maximum atomic E-state index is 10.2. The van der Waals surface area contributed by atoms with E-state index >= 15 is 0 Å². The highest BCUT2D eigenvalue weighted by molar-refractivity contribution is 5.51. The zero-order chi connectivity index (χ0) is 20.8. The lowest BCUT2D eigenvalue weighted by Gasteiger charge is -2.37. The van der Waals surface area contributed by atoms with Gasteiger partial charge >= 0.3 is 0 Å². The number of nitrogens with zero attached hydrogens (tertiary/aromatic N) is 4. The summed E-state index contributed by atoms with van der Waals surface area (Å²) in [6.07, 6.45) is 3.80. The van der Waals surface area contributed by atoms with Crippen LogP contribution in [0, 0.1) is 20.8 Å². The number of hydrogen-bond acceptors (Lipinski definition) is 5. The number of piperazine rings is 1. The first-order valence-electron chi connectivity index (χ1n) is 11.0. The second kappa shape index (κ2) is 10.2. The zero-order valence-electron chi connectivity index (χ0n) is 18.5. The van der Waals surface area contributed by atoms with Crippen molar-refractivity contribution in [3.63, 3.8) is 0 Å². The van der Waals surface area contributed by atoms with Gasteiger partial charge in [-0.15, -0.1) is 0 Å². The smallest absolute Gasteiger partial charge is 0.136 e. The van der Waals surface area contributed by atoms with Crippen LogP contribution in [-0.2, 0) is 6.42 Å². The molecule has 1 aromatic carbocycles. The zero-order valence-corrected chi connectivity index (χ0v) is 18.5. The summed E-state index contributed by atoms with van der Waals surface area (Å²) in [5.41, 5.74) is 4.88. The van der Waals surface area contributed by atoms with Crippen LogP contribution >= 0.6 is 0 Å². The quantitative estimate of drug-likeness (QED) is 0.738. The average Bonchev–Trinajstić information content (AvgIpc) is 2.70. The van der Waals surface area contributed by atoms with E-state index in [1.165, 1.54) is 16.7 Å². The van der Waals surface area contributed by atoms with Crippen molar-refractivity contribution in [2.45, 2.75) is 59.5 Å². The van der Waals surface area contributed by atoms with Gasteiger partial charge in [0.25, 0.3) is 0 Å². The molecule has 1 N–H and O–H groups in total. The van der Waals surface area contributed by atoms with Crippen LogP contribution in [0.4, 0.5) is 5.82 Å². The van der Waals surface area contributed by atoms with Crippen LogP contribution in [0.3, 0.4) is 0 Å². The largest absolute Gasteiger partial charge is 0.392 e. The van der Waals surface area contributed by atoms with Crippen molar-refractivity contribution < 1.29 is 5.11 Å². The van der Waals surface area contributed by atoms with E-state index in [1.807, 2.05) is 6.92 Å². The van der Waals surface area contributed by atoms with E-state index < -0.39 is 0 Å². The third-order valence-electron chi connectivity index (χ3n) is 5.84. The lowest BCUT2D eigenvalue weighted by Crippen LogP contribution is -2.49. The molecule has 0 aliphatic carbocycles. The molecule has 1 unspecified atom stereocenters. The molecule has 5 heteroatoms. The summed E-state index contributed by atoms with van der Waals surface area (Å²) in [4.78, 5) is 14.3. The van der Waals surface area contributed by atoms with Gasteiger partial charge < -0.3 is 10.0 Å². The lowest BCUT2D eigenvalue weighted by molar-refractivity contribution is 0.100. The van der Waals surface area contributed by atoms with Gasteiger partial charge in [-0.2, -0.15) is 0 Å². The first-order chi connectivity index (χ1) is 14.0. The molecule has 1 aliphatic heterocycles. The minimum atomic E-state index is -0.206. The predicted molar refractivity (Wildman–Crippen MR) is 120 cm³/mol. The van der Waals surface area contributed by atoms with E-state index in [-0.39, 0.29) is 6.10 Å². The molecule has 0 amide bonds. The van der Waals surface area contributed by atoms with Gasteiger partial charge in [0.05, 0.1) is 6.10 Å². The Morgan fingerprint density at radius 3 is 2.34 bits per heavy atom. The van der Waals surface area contributed by atoms with Crippen molar-refractivity contribution in [2.24, 2.45) is 0 Å². The van der Waals surface area contributed by atoms with Crippen LogP contribution in [0.5, 0.6) is 0 Å². The highest BCUT2D eigenvalue weighted by atomic mass is 16.3. The van der Waals surface area contributed by atoms with E-state index in [0.717, 1.165) is 75.7 Å². The molecule has 0 radical (unpaired) electrons. The minimum Gasteiger partial charge on any atom is -0.392 e. The van der Waals surface area contributed by atoms with E-state index in [1.54, 1.807) is 0 Å². The summed E-state index contributed by atoms with van der Waals surface area (Å²) < 4.78 is 0. The maximum absolute atomic E-state index is 10.2. The van der Waals surface area contributed by atoms with Crippen molar-refractivity contribution in [1.82, 2.24) is 14.9 Å². The molecule has 1 fully saturated rings. The van der Waals surface area contributed by atoms with Crippen LogP contribution in [0.15, 0.2) is 24.3 Å². The Balaban J connectivity index is 1.69. The van der Waals surface area contributed by atoms with E-state index in [9.17, 15) is 5.11 Å². The van der Waals surface area contributed by atoms with Crippen molar-refractivity contribution in [3.8, 4) is 0 Å². The normalized spacial score (nSPS) is 16.2. The summed E-state index contributed by atoms with van der Waals surface area (Å²) >= 11 is 0. The first kappa shape index (κ1) is 21.7. The van der Waals surface area contributed by atoms with E-state index in [0.29, 0.717) is 0 Å². The fourth-order valence-corrected chi connectivity index (χ4v) is 4.07. The molecule has 0 bridgehead atoms. The molecule has 0 saturated carbocycles. The number of anilines is 1. The Kier molecular flexibility index (Phi) is 7.62. The van der Waals surface area contributed by atoms with Gasteiger partial charge in [0.15, 0.2) is 0 Å². The highest BCUT2D eigenvalue weighted by Gasteiger charge is 2.23. The third-order valence-corrected chi connectivity index (χ3v) is 5.84. The standard InChI is InChI=1S/C24H36N4O/c1-5-6-7-22(29)17-27-12-14-28(15-13-27)24-23(19(3)25-20(4)26-24)16-21-10-8-18(2)9-11-21/h8-11,22,29H,5-7,12-17H2,1-4H3. The topological polar surface area (TPSA) is 52.5 Å².